The molecule has 3 N–H and O–H groups in total. The molecule has 2 rings (SSSR count). The molecule has 1 unspecified atom stereocenters. The van der Waals surface area contributed by atoms with Gasteiger partial charge in [-0.25, -0.2) is 0 Å². The molecule has 0 heterocycles. The molecular weight excluding hydrogens is 246 g/mol. The van der Waals surface area contributed by atoms with Crippen molar-refractivity contribution in [2.45, 2.75) is 18.9 Å². The Morgan fingerprint density at radius 3 is 2.60 bits per heavy atom. The third-order valence-electron chi connectivity index (χ3n) is 3.07. The highest BCUT2D eigenvalue weighted by atomic mass is 16.3. The molecule has 0 spiro atoms. The third-order valence-corrected chi connectivity index (χ3v) is 3.07. The van der Waals surface area contributed by atoms with Crippen LogP contribution in [0.1, 0.15) is 29.2 Å². The predicted octanol–water partition coefficient (Wildman–Crippen LogP) is 2.66. The molecule has 0 aromatic heterocycles. The van der Waals surface area contributed by atoms with E-state index in [0.717, 1.165) is 24.0 Å². The lowest BCUT2D eigenvalue weighted by atomic mass is 10.1. The molecule has 2 aromatic carbocycles. The zero-order valence-electron chi connectivity index (χ0n) is 11.4. The van der Waals surface area contributed by atoms with Crippen LogP contribution in [0.3, 0.4) is 0 Å². The summed E-state index contributed by atoms with van der Waals surface area (Å²) in [5.74, 6) is 5.91. The average molecular weight is 265 g/mol. The maximum atomic E-state index is 10.0. The van der Waals surface area contributed by atoms with Crippen molar-refractivity contribution in [2.24, 2.45) is 5.73 Å². The first-order chi connectivity index (χ1) is 9.79. The Morgan fingerprint density at radius 1 is 1.05 bits per heavy atom. The minimum absolute atomic E-state index is 0.697. The molecule has 2 aromatic rings. The molecule has 0 aliphatic carbocycles. The summed E-state index contributed by atoms with van der Waals surface area (Å²) in [5.41, 5.74) is 8.49. The van der Waals surface area contributed by atoms with Crippen molar-refractivity contribution in [2.75, 3.05) is 6.54 Å². The second-order valence-electron chi connectivity index (χ2n) is 4.68. The lowest BCUT2D eigenvalue weighted by Crippen LogP contribution is -2.00. The van der Waals surface area contributed by atoms with Gasteiger partial charge in [-0.2, -0.15) is 0 Å². The van der Waals surface area contributed by atoms with E-state index in [1.54, 1.807) is 0 Å². The molecule has 0 aliphatic heterocycles. The van der Waals surface area contributed by atoms with Gasteiger partial charge in [0.15, 0.2) is 0 Å². The Hall–Kier alpha value is -2.08. The zero-order valence-corrected chi connectivity index (χ0v) is 11.4. The van der Waals surface area contributed by atoms with Crippen molar-refractivity contribution in [3.05, 3.63) is 71.3 Å². The number of benzene rings is 2. The molecule has 0 radical (unpaired) electrons. The van der Waals surface area contributed by atoms with Gasteiger partial charge in [-0.05, 0) is 42.6 Å². The Kier molecular flexibility index (Phi) is 5.37. The molecule has 0 aliphatic rings. The molecule has 2 nitrogen and oxygen atoms in total. The molecule has 20 heavy (non-hydrogen) atoms. The van der Waals surface area contributed by atoms with Crippen LogP contribution in [0, 0.1) is 11.8 Å². The third kappa shape index (κ3) is 4.24. The quantitative estimate of drug-likeness (QED) is 0.835. The van der Waals surface area contributed by atoms with Crippen LogP contribution in [0.5, 0.6) is 0 Å². The molecular formula is C18H19NO. The van der Waals surface area contributed by atoms with Crippen LogP contribution < -0.4 is 5.73 Å². The summed E-state index contributed by atoms with van der Waals surface area (Å²) in [5, 5.41) is 10.0. The highest BCUT2D eigenvalue weighted by molar-refractivity contribution is 5.39. The smallest absolute Gasteiger partial charge is 0.140 e. The van der Waals surface area contributed by atoms with Gasteiger partial charge < -0.3 is 10.8 Å². The maximum Gasteiger partial charge on any atom is 0.140 e. The minimum Gasteiger partial charge on any atom is -0.376 e. The number of rotatable bonds is 4. The SMILES string of the molecule is NCCCc1cccc(C#CC(O)c2ccccc2)c1. The van der Waals surface area contributed by atoms with Crippen molar-refractivity contribution in [1.82, 2.24) is 0 Å². The second kappa shape index (κ2) is 7.49. The Bertz CT molecular complexity index is 596. The van der Waals surface area contributed by atoms with E-state index >= 15 is 0 Å². The molecule has 0 saturated heterocycles. The summed E-state index contributed by atoms with van der Waals surface area (Å²) in [6.07, 6.45) is 1.19. The number of nitrogens with two attached hydrogens (primary N) is 1. The van der Waals surface area contributed by atoms with E-state index in [9.17, 15) is 5.11 Å². The highest BCUT2D eigenvalue weighted by Crippen LogP contribution is 2.11. The fourth-order valence-corrected chi connectivity index (χ4v) is 1.98. The Morgan fingerprint density at radius 2 is 1.85 bits per heavy atom. The largest absolute Gasteiger partial charge is 0.376 e. The summed E-state index contributed by atoms with van der Waals surface area (Å²) in [7, 11) is 0. The summed E-state index contributed by atoms with van der Waals surface area (Å²) in [6, 6.07) is 17.5. The average Bonchev–Trinajstić information content (AvgIpc) is 2.52. The molecule has 2 heteroatoms. The van der Waals surface area contributed by atoms with Gasteiger partial charge in [0.2, 0.25) is 0 Å². The second-order valence-corrected chi connectivity index (χ2v) is 4.68. The van der Waals surface area contributed by atoms with Crippen LogP contribution >= 0.6 is 0 Å². The van der Waals surface area contributed by atoms with E-state index in [1.807, 2.05) is 42.5 Å². The number of aliphatic hydroxyl groups is 1. The van der Waals surface area contributed by atoms with E-state index in [2.05, 4.69) is 24.0 Å². The van der Waals surface area contributed by atoms with Gasteiger partial charge in [0, 0.05) is 5.56 Å². The van der Waals surface area contributed by atoms with Gasteiger partial charge >= 0.3 is 0 Å². The van der Waals surface area contributed by atoms with Crippen molar-refractivity contribution in [3.8, 4) is 11.8 Å². The monoisotopic (exact) mass is 265 g/mol. The van der Waals surface area contributed by atoms with Crippen LogP contribution in [0.15, 0.2) is 54.6 Å². The van der Waals surface area contributed by atoms with Crippen LogP contribution in [-0.2, 0) is 6.42 Å². The van der Waals surface area contributed by atoms with Gasteiger partial charge in [0.25, 0.3) is 0 Å². The molecule has 0 amide bonds. The summed E-state index contributed by atoms with van der Waals surface area (Å²) < 4.78 is 0. The fraction of sp³-hybridized carbons (Fsp3) is 0.222. The summed E-state index contributed by atoms with van der Waals surface area (Å²) in [6.45, 7) is 0.697. The van der Waals surface area contributed by atoms with Crippen LogP contribution in [-0.4, -0.2) is 11.7 Å². The summed E-state index contributed by atoms with van der Waals surface area (Å²) in [4.78, 5) is 0. The van der Waals surface area contributed by atoms with Crippen LogP contribution in [0.25, 0.3) is 0 Å². The van der Waals surface area contributed by atoms with Crippen molar-refractivity contribution < 1.29 is 5.11 Å². The van der Waals surface area contributed by atoms with Gasteiger partial charge in [-0.15, -0.1) is 0 Å². The number of aryl methyl sites for hydroxylation is 1. The first-order valence-electron chi connectivity index (χ1n) is 6.83. The van der Waals surface area contributed by atoms with Gasteiger partial charge in [0.05, 0.1) is 0 Å². The predicted molar refractivity (Wildman–Crippen MR) is 82.1 cm³/mol. The molecule has 1 atom stereocenters. The zero-order chi connectivity index (χ0) is 14.2. The van der Waals surface area contributed by atoms with Crippen molar-refractivity contribution in [1.29, 1.82) is 0 Å². The van der Waals surface area contributed by atoms with E-state index in [1.165, 1.54) is 5.56 Å². The van der Waals surface area contributed by atoms with Crippen molar-refractivity contribution in [3.63, 3.8) is 0 Å². The first kappa shape index (κ1) is 14.3. The first-order valence-corrected chi connectivity index (χ1v) is 6.83. The van der Waals surface area contributed by atoms with Crippen LogP contribution in [0.4, 0.5) is 0 Å². The van der Waals surface area contributed by atoms with Gasteiger partial charge in [-0.1, -0.05) is 54.3 Å². The normalized spacial score (nSPS) is 11.5. The maximum absolute atomic E-state index is 10.0. The topological polar surface area (TPSA) is 46.2 Å². The molecule has 0 saturated carbocycles. The lowest BCUT2D eigenvalue weighted by Gasteiger charge is -2.03. The van der Waals surface area contributed by atoms with E-state index in [-0.39, 0.29) is 0 Å². The van der Waals surface area contributed by atoms with E-state index in [0.29, 0.717) is 6.54 Å². The van der Waals surface area contributed by atoms with Crippen LogP contribution in [0.2, 0.25) is 0 Å². The Balaban J connectivity index is 2.08. The molecule has 0 fully saturated rings. The van der Waals surface area contributed by atoms with Gasteiger partial charge in [0.1, 0.15) is 6.10 Å². The summed E-state index contributed by atoms with van der Waals surface area (Å²) >= 11 is 0. The standard InChI is InChI=1S/C18H19NO/c19-13-5-8-15-6-4-7-16(14-15)11-12-18(20)17-9-2-1-3-10-17/h1-4,6-7,9-10,14,18,20H,5,8,13,19H2. The number of hydrogen-bond donors (Lipinski definition) is 2. The van der Waals surface area contributed by atoms with Gasteiger partial charge in [-0.3, -0.25) is 0 Å². The number of hydrogen-bond acceptors (Lipinski definition) is 2. The highest BCUT2D eigenvalue weighted by Gasteiger charge is 2.01. The molecule has 102 valence electrons. The fourth-order valence-electron chi connectivity index (χ4n) is 1.98. The van der Waals surface area contributed by atoms with E-state index < -0.39 is 6.10 Å². The van der Waals surface area contributed by atoms with Crippen molar-refractivity contribution >= 4 is 0 Å². The lowest BCUT2D eigenvalue weighted by molar-refractivity contribution is 0.238. The van der Waals surface area contributed by atoms with E-state index in [4.69, 9.17) is 5.73 Å². The molecule has 0 bridgehead atoms. The Labute approximate surface area is 120 Å². The minimum atomic E-state index is -0.746. The number of aliphatic hydroxyl groups excluding tert-OH is 1.